The molecule has 0 spiro atoms. The summed E-state index contributed by atoms with van der Waals surface area (Å²) in [4.78, 5) is 48.5. The van der Waals surface area contributed by atoms with Gasteiger partial charge in [0.1, 0.15) is 32.6 Å². The van der Waals surface area contributed by atoms with E-state index in [1.54, 1.807) is 92.9 Å². The molecule has 0 radical (unpaired) electrons. The average molecular weight is 808 g/mol. The van der Waals surface area contributed by atoms with Crippen molar-refractivity contribution in [2.45, 2.75) is 0 Å². The number of nitriles is 1. The van der Waals surface area contributed by atoms with Crippen LogP contribution >= 0.6 is 23.2 Å². The molecule has 8 aromatic heterocycles. The highest BCUT2D eigenvalue weighted by atomic mass is 35.5. The van der Waals surface area contributed by atoms with Crippen molar-refractivity contribution in [3.8, 4) is 17.6 Å². The molecule has 8 N–H and O–H groups in total. The van der Waals surface area contributed by atoms with Gasteiger partial charge in [-0.2, -0.15) is 5.26 Å². The Balaban J connectivity index is 0.000000153. The van der Waals surface area contributed by atoms with Crippen LogP contribution in [0.25, 0.3) is 66.5 Å². The summed E-state index contributed by atoms with van der Waals surface area (Å²) in [5, 5.41) is 10.5. The minimum absolute atomic E-state index is 0.0569. The molecule has 0 unspecified atom stereocenters. The summed E-state index contributed by atoms with van der Waals surface area (Å²) in [7, 11) is 0. The van der Waals surface area contributed by atoms with Crippen LogP contribution in [-0.4, -0.2) is 43.8 Å². The van der Waals surface area contributed by atoms with Gasteiger partial charge in [0, 0.05) is 39.6 Å². The van der Waals surface area contributed by atoms with E-state index >= 15 is 0 Å². The number of pyridine rings is 6. The van der Waals surface area contributed by atoms with Crippen LogP contribution in [0.2, 0.25) is 10.3 Å². The van der Waals surface area contributed by atoms with Gasteiger partial charge in [0.25, 0.3) is 11.1 Å². The van der Waals surface area contributed by atoms with Crippen molar-refractivity contribution in [2.75, 3.05) is 5.73 Å². The number of nitrogens with two attached hydrogens (primary N) is 4. The van der Waals surface area contributed by atoms with Gasteiger partial charge in [-0.25, -0.2) is 24.9 Å². The number of nitrogens with zero attached hydrogens (tertiary/aromatic N) is 10. The predicted octanol–water partition coefficient (Wildman–Crippen LogP) is 5.59. The average Bonchev–Trinajstić information content (AvgIpc) is 3.78. The fraction of sp³-hybridized carbons (Fsp3) is 0. The Morgan fingerprint density at radius 1 is 0.638 bits per heavy atom. The van der Waals surface area contributed by atoms with Crippen molar-refractivity contribution in [3.63, 3.8) is 0 Å². The number of nitrogen functional groups attached to an aromatic ring is 1. The summed E-state index contributed by atoms with van der Waals surface area (Å²) in [5.41, 5.74) is 27.1. The van der Waals surface area contributed by atoms with Gasteiger partial charge in [0.05, 0.1) is 29.5 Å². The SMILES string of the molecule is N#CN.NC(N)=Nc1ccc2nc3c4ccccc4c(=O)n(-c4ccc(Cl)nc4)c3n2c1.Nc1ccc2nc3c4ccccc4c(=O)n(-c4ccc(Cl)nc4)c3n2c1. The lowest BCUT2D eigenvalue weighted by molar-refractivity contribution is 1.00. The van der Waals surface area contributed by atoms with E-state index in [9.17, 15) is 9.59 Å². The zero-order valence-corrected chi connectivity index (χ0v) is 31.4. The van der Waals surface area contributed by atoms with E-state index in [1.165, 1.54) is 6.19 Å². The Hall–Kier alpha value is -8.00. The zero-order valence-electron chi connectivity index (χ0n) is 29.9. The van der Waals surface area contributed by atoms with E-state index in [1.807, 2.05) is 46.9 Å². The van der Waals surface area contributed by atoms with Crippen molar-refractivity contribution in [3.05, 3.63) is 153 Å². The maximum Gasteiger partial charge on any atom is 0.264 e. The van der Waals surface area contributed by atoms with Gasteiger partial charge < -0.3 is 22.9 Å². The van der Waals surface area contributed by atoms with Crippen molar-refractivity contribution in [1.82, 2.24) is 37.9 Å². The summed E-state index contributed by atoms with van der Waals surface area (Å²) >= 11 is 11.9. The summed E-state index contributed by atoms with van der Waals surface area (Å²) in [5.74, 6) is -0.0569. The quantitative estimate of drug-likeness (QED) is 0.0563. The molecule has 16 nitrogen and oxygen atoms in total. The molecule has 0 atom stereocenters. The molecule has 58 heavy (non-hydrogen) atoms. The highest BCUT2D eigenvalue weighted by molar-refractivity contribution is 6.29. The molecule has 284 valence electrons. The largest absolute Gasteiger partial charge is 0.398 e. The number of hydrogen-bond donors (Lipinski definition) is 4. The lowest BCUT2D eigenvalue weighted by atomic mass is 10.1. The van der Waals surface area contributed by atoms with Crippen LogP contribution in [0.3, 0.4) is 0 Å². The smallest absolute Gasteiger partial charge is 0.264 e. The summed E-state index contributed by atoms with van der Waals surface area (Å²) in [6.07, 6.45) is 7.87. The lowest BCUT2D eigenvalue weighted by Gasteiger charge is -2.11. The molecular weight excluding hydrogens is 779 g/mol. The van der Waals surface area contributed by atoms with Crippen LogP contribution in [-0.2, 0) is 0 Å². The van der Waals surface area contributed by atoms with Crippen LogP contribution in [0.5, 0.6) is 0 Å². The van der Waals surface area contributed by atoms with E-state index in [0.717, 1.165) is 16.3 Å². The molecule has 0 saturated carbocycles. The third-order valence-electron chi connectivity index (χ3n) is 9.05. The first-order valence-corrected chi connectivity index (χ1v) is 17.9. The summed E-state index contributed by atoms with van der Waals surface area (Å²) in [6, 6.07) is 28.8. The monoisotopic (exact) mass is 806 g/mol. The Kier molecular flexibility index (Phi) is 9.50. The van der Waals surface area contributed by atoms with Crippen molar-refractivity contribution < 1.29 is 0 Å². The normalized spacial score (nSPS) is 11.0. The molecule has 0 saturated heterocycles. The van der Waals surface area contributed by atoms with E-state index in [4.69, 9.17) is 55.6 Å². The first-order chi connectivity index (χ1) is 28.1. The molecule has 0 bridgehead atoms. The second kappa shape index (κ2) is 14.9. The van der Waals surface area contributed by atoms with Gasteiger partial charge in [-0.15, -0.1) is 0 Å². The fourth-order valence-corrected chi connectivity index (χ4v) is 6.96. The molecule has 0 aliphatic carbocycles. The van der Waals surface area contributed by atoms with Gasteiger partial charge in [0.2, 0.25) is 0 Å². The Labute approximate surface area is 336 Å². The Bertz CT molecular complexity index is 3420. The van der Waals surface area contributed by atoms with Gasteiger partial charge in [-0.1, -0.05) is 59.6 Å². The number of guanidine groups is 1. The summed E-state index contributed by atoms with van der Waals surface area (Å²) in [6.45, 7) is 0. The molecule has 0 aliphatic rings. The van der Waals surface area contributed by atoms with E-state index in [0.29, 0.717) is 71.9 Å². The molecule has 0 fully saturated rings. The first kappa shape index (κ1) is 36.9. The number of halogens is 2. The number of anilines is 1. The molecule has 10 rings (SSSR count). The highest BCUT2D eigenvalue weighted by Crippen LogP contribution is 2.29. The van der Waals surface area contributed by atoms with Gasteiger partial charge in [0.15, 0.2) is 23.4 Å². The number of benzene rings is 2. The number of aromatic nitrogens is 8. The Morgan fingerprint density at radius 3 is 1.53 bits per heavy atom. The summed E-state index contributed by atoms with van der Waals surface area (Å²) < 4.78 is 6.79. The minimum atomic E-state index is -0.189. The predicted molar refractivity (Wildman–Crippen MR) is 227 cm³/mol. The zero-order chi connectivity index (χ0) is 40.7. The topological polar surface area (TPSA) is 245 Å². The van der Waals surface area contributed by atoms with Crippen molar-refractivity contribution >= 4 is 95.7 Å². The molecule has 0 aliphatic heterocycles. The maximum absolute atomic E-state index is 13.4. The third kappa shape index (κ3) is 6.47. The molecular formula is C40H28Cl2N14O2. The number of imidazole rings is 2. The maximum atomic E-state index is 13.4. The molecule has 0 amide bonds. The number of fused-ring (bicyclic) bond motifs is 10. The van der Waals surface area contributed by atoms with E-state index in [-0.39, 0.29) is 17.1 Å². The molecule has 10 aromatic rings. The van der Waals surface area contributed by atoms with Gasteiger partial charge >= 0.3 is 0 Å². The standard InChI is InChI=1S/C20H14ClN7O.C19H12ClN5O.CH2N2/c21-15-7-6-12(9-24-15)28-18-17(13-3-1-2-4-14(13)19(28)29)26-16-8-5-11(10-27(16)18)25-20(22)23;20-15-7-6-12(9-22-15)25-18-17(13-3-1-2-4-14(13)19(25)26)23-16-8-5-11(21)10-24(16)18;2-1-3/h1-10H,(H4,22,23,25);1-10H,21H2;2H2. The van der Waals surface area contributed by atoms with E-state index < -0.39 is 0 Å². The minimum Gasteiger partial charge on any atom is -0.398 e. The number of aliphatic imine (C=N–C) groups is 1. The van der Waals surface area contributed by atoms with Crippen LogP contribution in [0.15, 0.2) is 136 Å². The molecule has 8 heterocycles. The van der Waals surface area contributed by atoms with Crippen LogP contribution < -0.4 is 34.1 Å². The van der Waals surface area contributed by atoms with Crippen molar-refractivity contribution in [1.29, 1.82) is 5.26 Å². The number of hydrogen-bond acceptors (Lipinski definition) is 10. The number of rotatable bonds is 3. The second-order valence-corrected chi connectivity index (χ2v) is 13.4. The van der Waals surface area contributed by atoms with Gasteiger partial charge in [-0.3, -0.25) is 27.5 Å². The Morgan fingerprint density at radius 2 is 1.09 bits per heavy atom. The van der Waals surface area contributed by atoms with Crippen LogP contribution in [0.4, 0.5) is 11.4 Å². The van der Waals surface area contributed by atoms with E-state index in [2.05, 4.69) is 20.7 Å². The van der Waals surface area contributed by atoms with Crippen LogP contribution in [0.1, 0.15) is 0 Å². The lowest BCUT2D eigenvalue weighted by Crippen LogP contribution is -2.22. The van der Waals surface area contributed by atoms with Crippen molar-refractivity contribution in [2.24, 2.45) is 22.2 Å². The van der Waals surface area contributed by atoms with Crippen LogP contribution in [0, 0.1) is 11.5 Å². The third-order valence-corrected chi connectivity index (χ3v) is 9.49. The highest BCUT2D eigenvalue weighted by Gasteiger charge is 2.19. The second-order valence-electron chi connectivity index (χ2n) is 12.6. The fourth-order valence-electron chi connectivity index (χ4n) is 6.74. The first-order valence-electron chi connectivity index (χ1n) is 17.2. The molecule has 18 heteroatoms. The molecule has 2 aromatic carbocycles. The van der Waals surface area contributed by atoms with Gasteiger partial charge in [-0.05, 0) is 60.7 Å².